The van der Waals surface area contributed by atoms with Crippen LogP contribution in [0.4, 0.5) is 0 Å². The van der Waals surface area contributed by atoms with E-state index in [2.05, 4.69) is 20.8 Å². The monoisotopic (exact) mass is 140 g/mol. The molecule has 0 nitrogen and oxygen atoms in total. The first-order chi connectivity index (χ1) is 4.75. The summed E-state index contributed by atoms with van der Waals surface area (Å²) in [6.45, 7) is 7.14. The van der Waals surface area contributed by atoms with Gasteiger partial charge in [-0.3, -0.25) is 0 Å². The Morgan fingerprint density at radius 2 is 1.90 bits per heavy atom. The van der Waals surface area contributed by atoms with Crippen molar-refractivity contribution in [3.8, 4) is 0 Å². The molecule has 0 N–H and O–H groups in total. The molecule has 1 atom stereocenters. The van der Waals surface area contributed by atoms with E-state index in [0.29, 0.717) is 0 Å². The first-order valence-corrected chi connectivity index (χ1v) is 4.75. The first kappa shape index (κ1) is 8.10. The first-order valence-electron chi connectivity index (χ1n) is 4.75. The molecule has 0 heteroatoms. The van der Waals surface area contributed by atoms with Crippen molar-refractivity contribution in [1.29, 1.82) is 0 Å². The molecule has 0 spiro atoms. The number of hydrogen-bond acceptors (Lipinski definition) is 0. The summed E-state index contributed by atoms with van der Waals surface area (Å²) in [5.74, 6) is 0.988. The van der Waals surface area contributed by atoms with Crippen LogP contribution in [-0.4, -0.2) is 0 Å². The summed E-state index contributed by atoms with van der Waals surface area (Å²) in [5, 5.41) is 0. The van der Waals surface area contributed by atoms with E-state index in [-0.39, 0.29) is 0 Å². The van der Waals surface area contributed by atoms with Gasteiger partial charge in [-0.1, -0.05) is 46.5 Å². The van der Waals surface area contributed by atoms with E-state index in [1.807, 2.05) is 0 Å². The highest BCUT2D eigenvalue weighted by Gasteiger charge is 2.36. The van der Waals surface area contributed by atoms with Crippen molar-refractivity contribution in [2.24, 2.45) is 11.3 Å². The lowest BCUT2D eigenvalue weighted by molar-refractivity contribution is 0.196. The fourth-order valence-corrected chi connectivity index (χ4v) is 2.61. The maximum absolute atomic E-state index is 2.43. The summed E-state index contributed by atoms with van der Waals surface area (Å²) < 4.78 is 0. The standard InChI is InChI=1S/C10H20/c1-4-10(5-2)8-6-7-9(10)3/h9H,4-8H2,1-3H3. The lowest BCUT2D eigenvalue weighted by Gasteiger charge is -2.31. The molecule has 0 radical (unpaired) electrons. The molecular formula is C10H20. The molecule has 0 saturated heterocycles. The molecule has 1 rings (SSSR count). The van der Waals surface area contributed by atoms with Gasteiger partial charge in [-0.05, 0) is 17.8 Å². The fraction of sp³-hybridized carbons (Fsp3) is 1.00. The van der Waals surface area contributed by atoms with E-state index in [1.54, 1.807) is 0 Å². The van der Waals surface area contributed by atoms with E-state index >= 15 is 0 Å². The minimum absolute atomic E-state index is 0.736. The Hall–Kier alpha value is 0. The predicted molar refractivity (Wildman–Crippen MR) is 46.0 cm³/mol. The van der Waals surface area contributed by atoms with E-state index < -0.39 is 0 Å². The maximum atomic E-state index is 2.43. The van der Waals surface area contributed by atoms with Crippen LogP contribution in [0.2, 0.25) is 0 Å². The second-order valence-electron chi connectivity index (χ2n) is 3.86. The van der Waals surface area contributed by atoms with Gasteiger partial charge in [0.05, 0.1) is 0 Å². The maximum Gasteiger partial charge on any atom is -0.0277 e. The molecule has 1 fully saturated rings. The average molecular weight is 140 g/mol. The van der Waals surface area contributed by atoms with Crippen LogP contribution < -0.4 is 0 Å². The normalized spacial score (nSPS) is 30.9. The lowest BCUT2D eigenvalue weighted by Crippen LogP contribution is -2.21. The van der Waals surface area contributed by atoms with Crippen molar-refractivity contribution in [3.63, 3.8) is 0 Å². The Morgan fingerprint density at radius 3 is 2.10 bits per heavy atom. The molecule has 0 aromatic carbocycles. The number of rotatable bonds is 2. The largest absolute Gasteiger partial charge is 0.0648 e. The number of hydrogen-bond donors (Lipinski definition) is 0. The van der Waals surface area contributed by atoms with Gasteiger partial charge in [0.25, 0.3) is 0 Å². The smallest absolute Gasteiger partial charge is 0.0277 e. The van der Waals surface area contributed by atoms with E-state index in [9.17, 15) is 0 Å². The van der Waals surface area contributed by atoms with E-state index in [4.69, 9.17) is 0 Å². The van der Waals surface area contributed by atoms with Crippen molar-refractivity contribution >= 4 is 0 Å². The van der Waals surface area contributed by atoms with Crippen LogP contribution in [0.25, 0.3) is 0 Å². The van der Waals surface area contributed by atoms with Gasteiger partial charge in [0.15, 0.2) is 0 Å². The summed E-state index contributed by atoms with van der Waals surface area (Å²) in [6.07, 6.45) is 7.22. The summed E-state index contributed by atoms with van der Waals surface area (Å²) in [7, 11) is 0. The van der Waals surface area contributed by atoms with Gasteiger partial charge in [-0.15, -0.1) is 0 Å². The summed E-state index contributed by atoms with van der Waals surface area (Å²) in [4.78, 5) is 0. The zero-order chi connectivity index (χ0) is 7.61. The Balaban J connectivity index is 2.61. The second kappa shape index (κ2) is 2.94. The van der Waals surface area contributed by atoms with Crippen molar-refractivity contribution < 1.29 is 0 Å². The average Bonchev–Trinajstić information content (AvgIpc) is 2.32. The highest BCUT2D eigenvalue weighted by Crippen LogP contribution is 2.47. The second-order valence-corrected chi connectivity index (χ2v) is 3.86. The molecule has 0 amide bonds. The van der Waals surface area contributed by atoms with Crippen LogP contribution in [-0.2, 0) is 0 Å². The SMILES string of the molecule is CCC1(CC)CCCC1C. The molecular weight excluding hydrogens is 120 g/mol. The zero-order valence-corrected chi connectivity index (χ0v) is 7.61. The van der Waals surface area contributed by atoms with Crippen molar-refractivity contribution in [3.05, 3.63) is 0 Å². The van der Waals surface area contributed by atoms with Gasteiger partial charge in [-0.25, -0.2) is 0 Å². The Bertz CT molecular complexity index is 101. The van der Waals surface area contributed by atoms with Crippen LogP contribution >= 0.6 is 0 Å². The Morgan fingerprint density at radius 1 is 1.30 bits per heavy atom. The molecule has 0 aromatic rings. The molecule has 60 valence electrons. The third-order valence-electron chi connectivity index (χ3n) is 3.77. The quantitative estimate of drug-likeness (QED) is 0.549. The molecule has 0 aliphatic heterocycles. The van der Waals surface area contributed by atoms with Crippen LogP contribution in [0.15, 0.2) is 0 Å². The molecule has 0 bridgehead atoms. The molecule has 1 aliphatic carbocycles. The highest BCUT2D eigenvalue weighted by atomic mass is 14.4. The van der Waals surface area contributed by atoms with Crippen LogP contribution in [0.5, 0.6) is 0 Å². The van der Waals surface area contributed by atoms with Crippen molar-refractivity contribution in [2.75, 3.05) is 0 Å². The third kappa shape index (κ3) is 1.09. The van der Waals surface area contributed by atoms with E-state index in [1.165, 1.54) is 32.1 Å². The topological polar surface area (TPSA) is 0 Å². The van der Waals surface area contributed by atoms with Crippen molar-refractivity contribution in [1.82, 2.24) is 0 Å². The molecule has 0 aromatic heterocycles. The minimum atomic E-state index is 0.736. The van der Waals surface area contributed by atoms with Gasteiger partial charge < -0.3 is 0 Å². The van der Waals surface area contributed by atoms with Gasteiger partial charge in [0, 0.05) is 0 Å². The molecule has 10 heavy (non-hydrogen) atoms. The molecule has 1 saturated carbocycles. The predicted octanol–water partition coefficient (Wildman–Crippen LogP) is 3.61. The van der Waals surface area contributed by atoms with Crippen LogP contribution in [0.1, 0.15) is 52.9 Å². The highest BCUT2D eigenvalue weighted by molar-refractivity contribution is 4.87. The lowest BCUT2D eigenvalue weighted by atomic mass is 9.74. The molecule has 0 heterocycles. The van der Waals surface area contributed by atoms with Gasteiger partial charge >= 0.3 is 0 Å². The summed E-state index contributed by atoms with van der Waals surface area (Å²) >= 11 is 0. The zero-order valence-electron chi connectivity index (χ0n) is 7.61. The fourth-order valence-electron chi connectivity index (χ4n) is 2.61. The van der Waals surface area contributed by atoms with Gasteiger partial charge in [-0.2, -0.15) is 0 Å². The molecule has 1 unspecified atom stereocenters. The Kier molecular flexibility index (Phi) is 2.38. The Labute approximate surface area is 65.0 Å². The van der Waals surface area contributed by atoms with Gasteiger partial charge in [0.2, 0.25) is 0 Å². The summed E-state index contributed by atoms with van der Waals surface area (Å²) in [6, 6.07) is 0. The molecule has 1 aliphatic rings. The third-order valence-corrected chi connectivity index (χ3v) is 3.77. The minimum Gasteiger partial charge on any atom is -0.0648 e. The van der Waals surface area contributed by atoms with Crippen LogP contribution in [0, 0.1) is 11.3 Å². The van der Waals surface area contributed by atoms with E-state index in [0.717, 1.165) is 11.3 Å². The summed E-state index contributed by atoms with van der Waals surface area (Å²) in [5.41, 5.74) is 0.736. The van der Waals surface area contributed by atoms with Gasteiger partial charge in [0.1, 0.15) is 0 Å². The van der Waals surface area contributed by atoms with Crippen LogP contribution in [0.3, 0.4) is 0 Å². The van der Waals surface area contributed by atoms with Crippen molar-refractivity contribution in [2.45, 2.75) is 52.9 Å².